The van der Waals surface area contributed by atoms with Crippen molar-refractivity contribution in [2.75, 3.05) is 7.05 Å². The van der Waals surface area contributed by atoms with E-state index in [0.29, 0.717) is 12.1 Å². The van der Waals surface area contributed by atoms with E-state index >= 15 is 0 Å². The Bertz CT molecular complexity index is 630. The molecule has 20 heavy (non-hydrogen) atoms. The Kier molecular flexibility index (Phi) is 4.28. The van der Waals surface area contributed by atoms with Gasteiger partial charge >= 0.3 is 0 Å². The Labute approximate surface area is 126 Å². The van der Waals surface area contributed by atoms with E-state index in [9.17, 15) is 4.79 Å². The number of amides is 1. The molecule has 0 unspecified atom stereocenters. The molecule has 0 bridgehead atoms. The zero-order chi connectivity index (χ0) is 14.9. The highest BCUT2D eigenvalue weighted by Crippen LogP contribution is 2.22. The second-order valence-electron chi connectivity index (χ2n) is 4.88. The van der Waals surface area contributed by atoms with Crippen LogP contribution in [-0.4, -0.2) is 23.0 Å². The van der Waals surface area contributed by atoms with Gasteiger partial charge in [-0.25, -0.2) is 0 Å². The minimum atomic E-state index is -0.0104. The Balaban J connectivity index is 2.23. The van der Waals surface area contributed by atoms with Gasteiger partial charge in [-0.3, -0.25) is 4.79 Å². The van der Waals surface area contributed by atoms with E-state index in [1.807, 2.05) is 39.0 Å². The zero-order valence-corrected chi connectivity index (χ0v) is 13.6. The quantitative estimate of drug-likeness (QED) is 0.859. The molecule has 0 fully saturated rings. The van der Waals surface area contributed by atoms with Gasteiger partial charge in [0.15, 0.2) is 0 Å². The molecule has 1 aromatic carbocycles. The monoisotopic (exact) mass is 336 g/mol. The van der Waals surface area contributed by atoms with Gasteiger partial charge in [0.05, 0.1) is 12.2 Å². The Morgan fingerprint density at radius 2 is 2.05 bits per heavy atom. The molecule has 1 aromatic heterocycles. The van der Waals surface area contributed by atoms with E-state index in [1.54, 1.807) is 11.9 Å². The van der Waals surface area contributed by atoms with E-state index in [1.165, 1.54) is 0 Å². The molecule has 0 aliphatic heterocycles. The van der Waals surface area contributed by atoms with Gasteiger partial charge < -0.3 is 9.42 Å². The highest BCUT2D eigenvalue weighted by molar-refractivity contribution is 9.10. The lowest BCUT2D eigenvalue weighted by Gasteiger charge is -2.18. The van der Waals surface area contributed by atoms with Crippen molar-refractivity contribution in [3.63, 3.8) is 0 Å². The van der Waals surface area contributed by atoms with Crippen molar-refractivity contribution in [3.05, 3.63) is 50.8 Å². The number of carbonyl (C=O) groups is 1. The summed E-state index contributed by atoms with van der Waals surface area (Å²) in [6.45, 7) is 6.17. The molecule has 4 nitrogen and oxygen atoms in total. The molecule has 0 atom stereocenters. The largest absolute Gasteiger partial charge is 0.361 e. The Hall–Kier alpha value is -1.62. The van der Waals surface area contributed by atoms with Crippen LogP contribution in [-0.2, 0) is 6.54 Å². The molecular weight excluding hydrogens is 320 g/mol. The van der Waals surface area contributed by atoms with E-state index in [2.05, 4.69) is 21.1 Å². The molecule has 0 aliphatic rings. The maximum Gasteiger partial charge on any atom is 0.254 e. The Morgan fingerprint density at radius 3 is 2.65 bits per heavy atom. The van der Waals surface area contributed by atoms with Crippen molar-refractivity contribution in [3.8, 4) is 0 Å². The van der Waals surface area contributed by atoms with Gasteiger partial charge in [0.2, 0.25) is 0 Å². The smallest absolute Gasteiger partial charge is 0.254 e. The SMILES string of the molecule is Cc1noc(C)c1CN(C)C(=O)c1cccc(Br)c1C. The fourth-order valence-electron chi connectivity index (χ4n) is 2.08. The summed E-state index contributed by atoms with van der Waals surface area (Å²) in [5.74, 6) is 0.747. The molecule has 0 saturated carbocycles. The van der Waals surface area contributed by atoms with Gasteiger partial charge in [-0.2, -0.15) is 0 Å². The summed E-state index contributed by atoms with van der Waals surface area (Å²) in [7, 11) is 1.79. The normalized spacial score (nSPS) is 10.7. The maximum atomic E-state index is 12.5. The molecule has 106 valence electrons. The van der Waals surface area contributed by atoms with E-state index in [0.717, 1.165) is 27.1 Å². The minimum Gasteiger partial charge on any atom is -0.361 e. The van der Waals surface area contributed by atoms with Crippen molar-refractivity contribution in [1.29, 1.82) is 0 Å². The van der Waals surface area contributed by atoms with Crippen LogP contribution in [0.1, 0.15) is 32.9 Å². The standard InChI is InChI=1S/C15H17BrN2O2/c1-9-12(6-5-7-14(9)16)15(19)18(4)8-13-10(2)17-20-11(13)3/h5-7H,8H2,1-4H3. The van der Waals surface area contributed by atoms with Crippen molar-refractivity contribution in [2.45, 2.75) is 27.3 Å². The molecule has 0 spiro atoms. The first-order chi connectivity index (χ1) is 9.41. The fraction of sp³-hybridized carbons (Fsp3) is 0.333. The summed E-state index contributed by atoms with van der Waals surface area (Å²) in [5, 5.41) is 3.91. The van der Waals surface area contributed by atoms with E-state index < -0.39 is 0 Å². The van der Waals surface area contributed by atoms with Crippen LogP contribution in [0, 0.1) is 20.8 Å². The van der Waals surface area contributed by atoms with Crippen molar-refractivity contribution in [1.82, 2.24) is 10.1 Å². The summed E-state index contributed by atoms with van der Waals surface area (Å²) in [6, 6.07) is 5.64. The fourth-order valence-corrected chi connectivity index (χ4v) is 2.45. The third kappa shape index (κ3) is 2.77. The second kappa shape index (κ2) is 5.79. The number of aryl methyl sites for hydroxylation is 2. The molecule has 0 saturated heterocycles. The Morgan fingerprint density at radius 1 is 1.35 bits per heavy atom. The molecule has 0 aliphatic carbocycles. The molecular formula is C15H17BrN2O2. The lowest BCUT2D eigenvalue weighted by molar-refractivity contribution is 0.0783. The second-order valence-corrected chi connectivity index (χ2v) is 5.73. The average molecular weight is 337 g/mol. The van der Waals surface area contributed by atoms with E-state index in [-0.39, 0.29) is 5.91 Å². The zero-order valence-electron chi connectivity index (χ0n) is 12.0. The van der Waals surface area contributed by atoms with E-state index in [4.69, 9.17) is 4.52 Å². The number of hydrogen-bond donors (Lipinski definition) is 0. The third-order valence-electron chi connectivity index (χ3n) is 3.42. The van der Waals surface area contributed by atoms with Gasteiger partial charge in [-0.05, 0) is 38.5 Å². The van der Waals surface area contributed by atoms with Gasteiger partial charge in [-0.15, -0.1) is 0 Å². The van der Waals surface area contributed by atoms with Crippen molar-refractivity contribution >= 4 is 21.8 Å². The highest BCUT2D eigenvalue weighted by atomic mass is 79.9. The summed E-state index contributed by atoms with van der Waals surface area (Å²) in [6.07, 6.45) is 0. The molecule has 5 heteroatoms. The first-order valence-corrected chi connectivity index (χ1v) is 7.13. The summed E-state index contributed by atoms with van der Waals surface area (Å²) < 4.78 is 6.07. The van der Waals surface area contributed by atoms with Crippen molar-refractivity contribution in [2.24, 2.45) is 0 Å². The molecule has 1 amide bonds. The number of carbonyl (C=O) groups excluding carboxylic acids is 1. The van der Waals surface area contributed by atoms with Crippen LogP contribution in [0.2, 0.25) is 0 Å². The van der Waals surface area contributed by atoms with Crippen LogP contribution in [0.4, 0.5) is 0 Å². The molecule has 1 heterocycles. The van der Waals surface area contributed by atoms with Crippen LogP contribution >= 0.6 is 15.9 Å². The van der Waals surface area contributed by atoms with Gasteiger partial charge in [0.1, 0.15) is 5.76 Å². The van der Waals surface area contributed by atoms with Crippen LogP contribution in [0.5, 0.6) is 0 Å². The predicted octanol–water partition coefficient (Wildman–Crippen LogP) is 3.63. The number of benzene rings is 1. The first-order valence-electron chi connectivity index (χ1n) is 6.34. The number of rotatable bonds is 3. The molecule has 0 N–H and O–H groups in total. The number of aromatic nitrogens is 1. The van der Waals surface area contributed by atoms with Crippen LogP contribution in [0.25, 0.3) is 0 Å². The highest BCUT2D eigenvalue weighted by Gasteiger charge is 2.18. The maximum absolute atomic E-state index is 12.5. The van der Waals surface area contributed by atoms with Crippen molar-refractivity contribution < 1.29 is 9.32 Å². The van der Waals surface area contributed by atoms with Gasteiger partial charge in [0.25, 0.3) is 5.91 Å². The minimum absolute atomic E-state index is 0.0104. The summed E-state index contributed by atoms with van der Waals surface area (Å²) in [4.78, 5) is 14.2. The topological polar surface area (TPSA) is 46.3 Å². The van der Waals surface area contributed by atoms with Gasteiger partial charge in [0, 0.05) is 22.6 Å². The van der Waals surface area contributed by atoms with Crippen LogP contribution in [0.3, 0.4) is 0 Å². The molecule has 2 aromatic rings. The average Bonchev–Trinajstić information content (AvgIpc) is 2.73. The predicted molar refractivity (Wildman–Crippen MR) is 80.7 cm³/mol. The summed E-state index contributed by atoms with van der Waals surface area (Å²) in [5.41, 5.74) is 3.44. The third-order valence-corrected chi connectivity index (χ3v) is 4.28. The van der Waals surface area contributed by atoms with Crippen LogP contribution in [0.15, 0.2) is 27.2 Å². The molecule has 2 rings (SSSR count). The van der Waals surface area contributed by atoms with Gasteiger partial charge in [-0.1, -0.05) is 27.2 Å². The molecule has 0 radical (unpaired) electrons. The number of halogens is 1. The summed E-state index contributed by atoms with van der Waals surface area (Å²) >= 11 is 3.45. The number of hydrogen-bond acceptors (Lipinski definition) is 3. The lowest BCUT2D eigenvalue weighted by atomic mass is 10.1. The lowest BCUT2D eigenvalue weighted by Crippen LogP contribution is -2.27. The van der Waals surface area contributed by atoms with Crippen LogP contribution < -0.4 is 0 Å². The number of nitrogens with zero attached hydrogens (tertiary/aromatic N) is 2. The first kappa shape index (κ1) is 14.8.